The number of hydrogen-bond acceptors (Lipinski definition) is 2. The number of nitrogens with one attached hydrogen (secondary N) is 1. The van der Waals surface area contributed by atoms with Crippen LogP contribution in [-0.4, -0.2) is 18.4 Å². The summed E-state index contributed by atoms with van der Waals surface area (Å²) in [5, 5.41) is 3.30. The van der Waals surface area contributed by atoms with E-state index in [2.05, 4.69) is 11.4 Å². The first-order valence-corrected chi connectivity index (χ1v) is 6.32. The van der Waals surface area contributed by atoms with Crippen molar-refractivity contribution in [3.05, 3.63) is 11.6 Å². The zero-order valence-corrected chi connectivity index (χ0v) is 9.43. The van der Waals surface area contributed by atoms with E-state index >= 15 is 0 Å². The number of carbonyl (C=O) groups excluding carboxylic acids is 1. The van der Waals surface area contributed by atoms with Gasteiger partial charge in [-0.2, -0.15) is 0 Å². The van der Waals surface area contributed by atoms with Crippen LogP contribution in [0.4, 0.5) is 0 Å². The molecule has 0 aromatic carbocycles. The Morgan fingerprint density at radius 2 is 2.07 bits per heavy atom. The van der Waals surface area contributed by atoms with Gasteiger partial charge in [0.15, 0.2) is 5.78 Å². The summed E-state index contributed by atoms with van der Waals surface area (Å²) < 4.78 is 0. The second-order valence-corrected chi connectivity index (χ2v) is 4.76. The molecule has 0 aromatic heterocycles. The van der Waals surface area contributed by atoms with Gasteiger partial charge in [0, 0.05) is 6.04 Å². The Bertz CT molecular complexity index is 253. The first kappa shape index (κ1) is 10.9. The third kappa shape index (κ3) is 3.78. The number of Topliss-reactive ketones (excluding diaryl/α,β-unsaturated/α-hetero) is 1. The SMILES string of the molecule is O=C(CNC1CC1)C1=CCCCCCC1. The van der Waals surface area contributed by atoms with Crippen LogP contribution in [0.1, 0.15) is 51.4 Å². The Kier molecular flexibility index (Phi) is 3.95. The van der Waals surface area contributed by atoms with Gasteiger partial charge in [-0.05, 0) is 44.1 Å². The second kappa shape index (κ2) is 5.45. The number of ketones is 1. The maximum atomic E-state index is 11.9. The molecule has 0 radical (unpaired) electrons. The Morgan fingerprint density at radius 1 is 1.27 bits per heavy atom. The number of allylic oxidation sites excluding steroid dienone is 1. The summed E-state index contributed by atoms with van der Waals surface area (Å²) in [5.74, 6) is 0.337. The topological polar surface area (TPSA) is 29.1 Å². The minimum absolute atomic E-state index is 0.337. The van der Waals surface area contributed by atoms with Crippen LogP contribution in [0.2, 0.25) is 0 Å². The summed E-state index contributed by atoms with van der Waals surface area (Å²) in [7, 11) is 0. The predicted octanol–water partition coefficient (Wildman–Crippen LogP) is 2.59. The summed E-state index contributed by atoms with van der Waals surface area (Å²) in [6.07, 6.45) is 11.9. The minimum atomic E-state index is 0.337. The van der Waals surface area contributed by atoms with Crippen molar-refractivity contribution in [3.8, 4) is 0 Å². The molecule has 1 saturated carbocycles. The van der Waals surface area contributed by atoms with Crippen LogP contribution in [0.15, 0.2) is 11.6 Å². The zero-order valence-electron chi connectivity index (χ0n) is 9.43. The molecule has 1 N–H and O–H groups in total. The van der Waals surface area contributed by atoms with Gasteiger partial charge >= 0.3 is 0 Å². The minimum Gasteiger partial charge on any atom is -0.307 e. The van der Waals surface area contributed by atoms with Gasteiger partial charge in [-0.15, -0.1) is 0 Å². The fraction of sp³-hybridized carbons (Fsp3) is 0.769. The second-order valence-electron chi connectivity index (χ2n) is 4.76. The van der Waals surface area contributed by atoms with E-state index in [4.69, 9.17) is 0 Å². The molecule has 1 fully saturated rings. The molecule has 0 saturated heterocycles. The van der Waals surface area contributed by atoms with Gasteiger partial charge < -0.3 is 5.32 Å². The number of carbonyl (C=O) groups is 1. The number of rotatable bonds is 4. The van der Waals surface area contributed by atoms with Crippen molar-refractivity contribution < 1.29 is 4.79 Å². The molecule has 0 unspecified atom stereocenters. The maximum absolute atomic E-state index is 11.9. The smallest absolute Gasteiger partial charge is 0.172 e. The fourth-order valence-corrected chi connectivity index (χ4v) is 2.08. The van der Waals surface area contributed by atoms with Gasteiger partial charge in [0.25, 0.3) is 0 Å². The largest absolute Gasteiger partial charge is 0.307 e. The van der Waals surface area contributed by atoms with E-state index in [1.807, 2.05) is 0 Å². The van der Waals surface area contributed by atoms with Crippen molar-refractivity contribution in [2.75, 3.05) is 6.54 Å². The van der Waals surface area contributed by atoms with Crippen molar-refractivity contribution >= 4 is 5.78 Å². The molecule has 2 heteroatoms. The summed E-state index contributed by atoms with van der Waals surface area (Å²) >= 11 is 0. The van der Waals surface area contributed by atoms with Crippen LogP contribution in [0.25, 0.3) is 0 Å². The lowest BCUT2D eigenvalue weighted by atomic mass is 9.97. The monoisotopic (exact) mass is 207 g/mol. The van der Waals surface area contributed by atoms with Crippen LogP contribution < -0.4 is 5.32 Å². The van der Waals surface area contributed by atoms with Crippen molar-refractivity contribution in [1.82, 2.24) is 5.32 Å². The van der Waals surface area contributed by atoms with Gasteiger partial charge in [0.2, 0.25) is 0 Å². The molecule has 2 nitrogen and oxygen atoms in total. The first-order chi connectivity index (χ1) is 7.36. The molecule has 0 bridgehead atoms. The van der Waals surface area contributed by atoms with E-state index in [9.17, 15) is 4.79 Å². The molecule has 0 aromatic rings. The summed E-state index contributed by atoms with van der Waals surface area (Å²) in [4.78, 5) is 11.9. The highest BCUT2D eigenvalue weighted by atomic mass is 16.1. The predicted molar refractivity (Wildman–Crippen MR) is 61.8 cm³/mol. The quantitative estimate of drug-likeness (QED) is 0.767. The van der Waals surface area contributed by atoms with Crippen LogP contribution in [-0.2, 0) is 4.79 Å². The molecule has 0 amide bonds. The molecule has 0 heterocycles. The molecular weight excluding hydrogens is 186 g/mol. The molecule has 2 rings (SSSR count). The van der Waals surface area contributed by atoms with Crippen LogP contribution in [0, 0.1) is 0 Å². The van der Waals surface area contributed by atoms with E-state index in [0.29, 0.717) is 18.4 Å². The first-order valence-electron chi connectivity index (χ1n) is 6.32. The van der Waals surface area contributed by atoms with E-state index in [-0.39, 0.29) is 0 Å². The molecular formula is C13H21NO. The lowest BCUT2D eigenvalue weighted by molar-refractivity contribution is -0.115. The van der Waals surface area contributed by atoms with Crippen LogP contribution >= 0.6 is 0 Å². The summed E-state index contributed by atoms with van der Waals surface area (Å²) in [6, 6.07) is 0.642. The molecule has 2 aliphatic rings. The molecule has 15 heavy (non-hydrogen) atoms. The Hall–Kier alpha value is -0.630. The van der Waals surface area contributed by atoms with Crippen LogP contribution in [0.5, 0.6) is 0 Å². The van der Waals surface area contributed by atoms with E-state index in [1.54, 1.807) is 0 Å². The third-order valence-corrected chi connectivity index (χ3v) is 3.28. The van der Waals surface area contributed by atoms with Gasteiger partial charge in [-0.3, -0.25) is 4.79 Å². The van der Waals surface area contributed by atoms with Crippen molar-refractivity contribution in [2.45, 2.75) is 57.4 Å². The lowest BCUT2D eigenvalue weighted by Crippen LogP contribution is -2.26. The highest BCUT2D eigenvalue weighted by Gasteiger charge is 2.21. The Morgan fingerprint density at radius 3 is 2.87 bits per heavy atom. The third-order valence-electron chi connectivity index (χ3n) is 3.28. The van der Waals surface area contributed by atoms with Gasteiger partial charge in [-0.25, -0.2) is 0 Å². The molecule has 0 aliphatic heterocycles. The highest BCUT2D eigenvalue weighted by Crippen LogP contribution is 2.20. The Labute approximate surface area is 92.1 Å². The maximum Gasteiger partial charge on any atom is 0.172 e. The van der Waals surface area contributed by atoms with E-state index < -0.39 is 0 Å². The number of hydrogen-bond donors (Lipinski definition) is 1. The molecule has 2 aliphatic carbocycles. The van der Waals surface area contributed by atoms with Gasteiger partial charge in [-0.1, -0.05) is 18.9 Å². The highest BCUT2D eigenvalue weighted by molar-refractivity contribution is 5.96. The fourth-order valence-electron chi connectivity index (χ4n) is 2.08. The van der Waals surface area contributed by atoms with Crippen molar-refractivity contribution in [1.29, 1.82) is 0 Å². The average Bonchev–Trinajstić information content (AvgIpc) is 2.97. The summed E-state index contributed by atoms with van der Waals surface area (Å²) in [6.45, 7) is 0.566. The average molecular weight is 207 g/mol. The molecule has 84 valence electrons. The van der Waals surface area contributed by atoms with Crippen molar-refractivity contribution in [3.63, 3.8) is 0 Å². The molecule has 0 spiro atoms. The zero-order chi connectivity index (χ0) is 10.5. The standard InChI is InChI=1S/C13H21NO/c15-13(10-14-12-8-9-12)11-6-4-2-1-3-5-7-11/h6,12,14H,1-5,7-10H2. The normalized spacial score (nSPS) is 22.8. The van der Waals surface area contributed by atoms with E-state index in [0.717, 1.165) is 18.4 Å². The van der Waals surface area contributed by atoms with Gasteiger partial charge in [0.05, 0.1) is 6.54 Å². The van der Waals surface area contributed by atoms with E-state index in [1.165, 1.54) is 38.5 Å². The van der Waals surface area contributed by atoms with Crippen molar-refractivity contribution in [2.24, 2.45) is 0 Å². The Balaban J connectivity index is 1.79. The summed E-state index contributed by atoms with van der Waals surface area (Å²) in [5.41, 5.74) is 1.09. The van der Waals surface area contributed by atoms with Gasteiger partial charge in [0.1, 0.15) is 0 Å². The van der Waals surface area contributed by atoms with Crippen LogP contribution in [0.3, 0.4) is 0 Å². The molecule has 0 atom stereocenters. The lowest BCUT2D eigenvalue weighted by Gasteiger charge is -2.10.